The summed E-state index contributed by atoms with van der Waals surface area (Å²) in [4.78, 5) is 30.8. The Labute approximate surface area is 198 Å². The van der Waals surface area contributed by atoms with E-state index in [1.54, 1.807) is 29.2 Å². The Bertz CT molecular complexity index is 1040. The summed E-state index contributed by atoms with van der Waals surface area (Å²) in [6.45, 7) is 0.697. The number of carbonyl (C=O) groups is 2. The smallest absolute Gasteiger partial charge is 0.368 e. The molecule has 1 aromatic carbocycles. The van der Waals surface area contributed by atoms with E-state index < -0.39 is 18.6 Å². The van der Waals surface area contributed by atoms with Crippen LogP contribution < -0.4 is 10.6 Å². The van der Waals surface area contributed by atoms with E-state index in [0.717, 1.165) is 10.9 Å². The van der Waals surface area contributed by atoms with Gasteiger partial charge in [-0.3, -0.25) is 14.8 Å². The van der Waals surface area contributed by atoms with Gasteiger partial charge in [0.15, 0.2) is 0 Å². The Morgan fingerprint density at radius 2 is 1.85 bits per heavy atom. The van der Waals surface area contributed by atoms with Crippen LogP contribution in [0.5, 0.6) is 0 Å². The van der Waals surface area contributed by atoms with Gasteiger partial charge in [0.1, 0.15) is 12.4 Å². The highest BCUT2D eigenvalue weighted by Crippen LogP contribution is 2.32. The van der Waals surface area contributed by atoms with Gasteiger partial charge in [0, 0.05) is 42.4 Å². The van der Waals surface area contributed by atoms with Gasteiger partial charge in [-0.1, -0.05) is 11.6 Å². The lowest BCUT2D eigenvalue weighted by atomic mass is 9.92. The molecule has 1 saturated heterocycles. The van der Waals surface area contributed by atoms with Gasteiger partial charge in [-0.25, -0.2) is 9.78 Å². The van der Waals surface area contributed by atoms with Crippen LogP contribution in [0.4, 0.5) is 23.8 Å². The number of piperidine rings is 1. The molecule has 12 heteroatoms. The standard InChI is InChI=1S/C22H24ClF3N4O4/c23-14-2-3-18-13(9-14)1-4-19(28-18)29-21(32)30-7-5-15(6-8-30)27-20(31)12-33-16-10-17(11-16)34-22(24,25)26/h1-4,9,15-17H,5-8,10-12H2,(H,27,31)(H,28,29,32). The van der Waals surface area contributed by atoms with Crippen LogP contribution in [-0.4, -0.2) is 66.1 Å². The summed E-state index contributed by atoms with van der Waals surface area (Å²) in [5.74, 6) is 0.106. The summed E-state index contributed by atoms with van der Waals surface area (Å²) in [6.07, 6.45) is -4.60. The fourth-order valence-corrected chi connectivity index (χ4v) is 4.16. The highest BCUT2D eigenvalue weighted by atomic mass is 35.5. The number of nitrogens with zero attached hydrogens (tertiary/aromatic N) is 2. The predicted octanol–water partition coefficient (Wildman–Crippen LogP) is 4.08. The molecule has 1 saturated carbocycles. The molecular weight excluding hydrogens is 477 g/mol. The number of alkyl halides is 3. The molecule has 3 amide bonds. The first-order valence-electron chi connectivity index (χ1n) is 10.9. The van der Waals surface area contributed by atoms with E-state index in [1.165, 1.54) is 0 Å². The quantitative estimate of drug-likeness (QED) is 0.623. The fourth-order valence-electron chi connectivity index (χ4n) is 3.98. The molecule has 0 radical (unpaired) electrons. The lowest BCUT2D eigenvalue weighted by molar-refractivity contribution is -0.357. The van der Waals surface area contributed by atoms with Gasteiger partial charge in [-0.2, -0.15) is 0 Å². The van der Waals surface area contributed by atoms with Crippen LogP contribution in [0.1, 0.15) is 25.7 Å². The van der Waals surface area contributed by atoms with E-state index in [0.29, 0.717) is 36.8 Å². The van der Waals surface area contributed by atoms with Crippen LogP contribution >= 0.6 is 11.6 Å². The van der Waals surface area contributed by atoms with Crippen LogP contribution in [0.15, 0.2) is 30.3 Å². The first kappa shape index (κ1) is 24.5. The number of hydrogen-bond donors (Lipinski definition) is 2. The Balaban J connectivity index is 1.15. The number of likely N-dealkylation sites (tertiary alicyclic amines) is 1. The molecule has 1 aliphatic heterocycles. The van der Waals surface area contributed by atoms with Gasteiger partial charge in [0.25, 0.3) is 0 Å². The molecule has 0 unspecified atom stereocenters. The van der Waals surface area contributed by atoms with Gasteiger partial charge < -0.3 is 15.0 Å². The molecule has 4 rings (SSSR count). The van der Waals surface area contributed by atoms with Gasteiger partial charge >= 0.3 is 12.4 Å². The number of benzene rings is 1. The molecule has 2 aliphatic rings. The Morgan fingerprint density at radius 3 is 2.56 bits per heavy atom. The summed E-state index contributed by atoms with van der Waals surface area (Å²) in [5.41, 5.74) is 0.719. The minimum atomic E-state index is -4.65. The molecule has 2 aromatic rings. The molecule has 184 valence electrons. The van der Waals surface area contributed by atoms with Crippen LogP contribution in [-0.2, 0) is 14.3 Å². The molecule has 8 nitrogen and oxygen atoms in total. The number of aromatic nitrogens is 1. The molecule has 0 bridgehead atoms. The number of nitrogens with one attached hydrogen (secondary N) is 2. The third kappa shape index (κ3) is 6.71. The second-order valence-electron chi connectivity index (χ2n) is 8.38. The zero-order chi connectivity index (χ0) is 24.3. The van der Waals surface area contributed by atoms with Crippen molar-refractivity contribution in [1.29, 1.82) is 0 Å². The van der Waals surface area contributed by atoms with Crippen molar-refractivity contribution in [2.24, 2.45) is 0 Å². The van der Waals surface area contributed by atoms with Gasteiger partial charge in [0.05, 0.1) is 17.7 Å². The van der Waals surface area contributed by atoms with E-state index >= 15 is 0 Å². The Morgan fingerprint density at radius 1 is 1.12 bits per heavy atom. The molecule has 0 atom stereocenters. The minimum Gasteiger partial charge on any atom is -0.368 e. The number of rotatable bonds is 6. The Hall–Kier alpha value is -2.63. The van der Waals surface area contributed by atoms with Crippen molar-refractivity contribution in [3.63, 3.8) is 0 Å². The summed E-state index contributed by atoms with van der Waals surface area (Å²) in [7, 11) is 0. The number of ether oxygens (including phenoxy) is 2. The fraction of sp³-hybridized carbons (Fsp3) is 0.500. The molecule has 0 spiro atoms. The number of pyridine rings is 1. The largest absolute Gasteiger partial charge is 0.522 e. The van der Waals surface area contributed by atoms with Crippen molar-refractivity contribution < 1.29 is 32.2 Å². The van der Waals surface area contributed by atoms with Crippen LogP contribution in [0.3, 0.4) is 0 Å². The summed E-state index contributed by atoms with van der Waals surface area (Å²) < 4.78 is 45.6. The second kappa shape index (κ2) is 10.3. The lowest BCUT2D eigenvalue weighted by Gasteiger charge is -2.35. The molecule has 2 fully saturated rings. The van der Waals surface area contributed by atoms with Crippen molar-refractivity contribution in [1.82, 2.24) is 15.2 Å². The summed E-state index contributed by atoms with van der Waals surface area (Å²) in [6, 6.07) is 8.48. The zero-order valence-electron chi connectivity index (χ0n) is 18.1. The maximum atomic E-state index is 12.6. The maximum Gasteiger partial charge on any atom is 0.522 e. The van der Waals surface area contributed by atoms with Crippen molar-refractivity contribution in [3.8, 4) is 0 Å². The number of fused-ring (bicyclic) bond motifs is 1. The topological polar surface area (TPSA) is 92.8 Å². The monoisotopic (exact) mass is 500 g/mol. The highest BCUT2D eigenvalue weighted by molar-refractivity contribution is 6.31. The number of hydrogen-bond acceptors (Lipinski definition) is 5. The van der Waals surface area contributed by atoms with Crippen molar-refractivity contribution >= 4 is 40.3 Å². The average molecular weight is 501 g/mol. The van der Waals surface area contributed by atoms with Gasteiger partial charge in [-0.05, 0) is 43.2 Å². The number of anilines is 1. The van der Waals surface area contributed by atoms with E-state index in [-0.39, 0.29) is 37.4 Å². The Kier molecular flexibility index (Phi) is 7.44. The van der Waals surface area contributed by atoms with Gasteiger partial charge in [0.2, 0.25) is 5.91 Å². The molecule has 34 heavy (non-hydrogen) atoms. The molecule has 1 aliphatic carbocycles. The lowest BCUT2D eigenvalue weighted by Crippen LogP contribution is -2.49. The predicted molar refractivity (Wildman–Crippen MR) is 118 cm³/mol. The van der Waals surface area contributed by atoms with Crippen molar-refractivity contribution in [3.05, 3.63) is 35.4 Å². The van der Waals surface area contributed by atoms with E-state index in [2.05, 4.69) is 20.4 Å². The van der Waals surface area contributed by atoms with Crippen LogP contribution in [0, 0.1) is 0 Å². The normalized spacial score (nSPS) is 21.2. The van der Waals surface area contributed by atoms with E-state index in [4.69, 9.17) is 16.3 Å². The number of halogens is 4. The third-order valence-electron chi connectivity index (χ3n) is 5.84. The summed E-state index contributed by atoms with van der Waals surface area (Å²) in [5, 5.41) is 7.13. The minimum absolute atomic E-state index is 0.105. The van der Waals surface area contributed by atoms with E-state index in [1.807, 2.05) is 6.07 Å². The first-order valence-corrected chi connectivity index (χ1v) is 11.3. The molecule has 2 N–H and O–H groups in total. The first-order chi connectivity index (χ1) is 16.1. The van der Waals surface area contributed by atoms with Gasteiger partial charge in [-0.15, -0.1) is 13.2 Å². The summed E-state index contributed by atoms with van der Waals surface area (Å²) >= 11 is 5.98. The number of amides is 3. The third-order valence-corrected chi connectivity index (χ3v) is 6.07. The maximum absolute atomic E-state index is 12.6. The molecular formula is C22H24ClF3N4O4. The average Bonchev–Trinajstić information content (AvgIpc) is 2.75. The van der Waals surface area contributed by atoms with Crippen molar-refractivity contribution in [2.75, 3.05) is 25.0 Å². The van der Waals surface area contributed by atoms with Crippen LogP contribution in [0.2, 0.25) is 5.02 Å². The van der Waals surface area contributed by atoms with Crippen molar-refractivity contribution in [2.45, 2.75) is 50.3 Å². The van der Waals surface area contributed by atoms with E-state index in [9.17, 15) is 22.8 Å². The number of carbonyl (C=O) groups excluding carboxylic acids is 2. The second-order valence-corrected chi connectivity index (χ2v) is 8.82. The SMILES string of the molecule is O=C(COC1CC(OC(F)(F)F)C1)NC1CCN(C(=O)Nc2ccc3cc(Cl)ccc3n2)CC1. The number of urea groups is 1. The molecule has 1 aromatic heterocycles. The molecule has 2 heterocycles. The van der Waals surface area contributed by atoms with Crippen LogP contribution in [0.25, 0.3) is 10.9 Å². The highest BCUT2D eigenvalue weighted by Gasteiger charge is 2.40. The zero-order valence-corrected chi connectivity index (χ0v) is 18.9.